The number of carbonyl (C=O) groups excluding carboxylic acids is 2. The van der Waals surface area contributed by atoms with Crippen molar-refractivity contribution < 1.29 is 19.1 Å². The highest BCUT2D eigenvalue weighted by molar-refractivity contribution is 7.99. The standard InChI is InChI=1S/C22H25N5O4S/c1-27-19(12-13-23-21(29)15-8-10-16(30-2)11-9-15)25-26-22(27)32-14-20(28)24-17-6-4-5-7-18(17)31-3/h4-11H,12-14H2,1-3H3,(H,23,29)(H,24,28). The zero-order chi connectivity index (χ0) is 22.9. The number of methoxy groups -OCH3 is 2. The van der Waals surface area contributed by atoms with E-state index in [9.17, 15) is 9.59 Å². The lowest BCUT2D eigenvalue weighted by Gasteiger charge is -2.09. The zero-order valence-corrected chi connectivity index (χ0v) is 18.9. The molecule has 0 spiro atoms. The molecule has 2 aromatic carbocycles. The summed E-state index contributed by atoms with van der Waals surface area (Å²) in [5, 5.41) is 14.6. The Morgan fingerprint density at radius 3 is 2.50 bits per heavy atom. The fourth-order valence-corrected chi connectivity index (χ4v) is 3.61. The summed E-state index contributed by atoms with van der Waals surface area (Å²) in [4.78, 5) is 24.5. The number of thioether (sulfide) groups is 1. The van der Waals surface area contributed by atoms with Crippen molar-refractivity contribution in [1.82, 2.24) is 20.1 Å². The minimum atomic E-state index is -0.171. The van der Waals surface area contributed by atoms with E-state index in [1.54, 1.807) is 50.6 Å². The number of aromatic nitrogens is 3. The Kier molecular flexibility index (Phi) is 8.09. The van der Waals surface area contributed by atoms with Gasteiger partial charge in [0, 0.05) is 25.6 Å². The summed E-state index contributed by atoms with van der Waals surface area (Å²) in [6, 6.07) is 14.1. The molecular formula is C22H25N5O4S. The minimum Gasteiger partial charge on any atom is -0.497 e. The lowest BCUT2D eigenvalue weighted by Crippen LogP contribution is -2.26. The average Bonchev–Trinajstić information content (AvgIpc) is 3.17. The third-order valence-electron chi connectivity index (χ3n) is 4.62. The van der Waals surface area contributed by atoms with Crippen LogP contribution in [-0.2, 0) is 18.3 Å². The molecule has 10 heteroatoms. The fraction of sp³-hybridized carbons (Fsp3) is 0.273. The molecule has 0 saturated carbocycles. The Morgan fingerprint density at radius 1 is 1.03 bits per heavy atom. The Labute approximate surface area is 190 Å². The van der Waals surface area contributed by atoms with Crippen molar-refractivity contribution in [3.05, 3.63) is 59.9 Å². The monoisotopic (exact) mass is 455 g/mol. The average molecular weight is 456 g/mol. The van der Waals surface area contributed by atoms with Crippen molar-refractivity contribution in [2.24, 2.45) is 7.05 Å². The molecule has 0 unspecified atom stereocenters. The van der Waals surface area contributed by atoms with Gasteiger partial charge in [0.2, 0.25) is 5.91 Å². The van der Waals surface area contributed by atoms with Crippen molar-refractivity contribution >= 4 is 29.3 Å². The van der Waals surface area contributed by atoms with Gasteiger partial charge < -0.3 is 24.7 Å². The van der Waals surface area contributed by atoms with Crippen molar-refractivity contribution in [3.8, 4) is 11.5 Å². The quantitative estimate of drug-likeness (QED) is 0.452. The zero-order valence-electron chi connectivity index (χ0n) is 18.1. The Morgan fingerprint density at radius 2 is 1.78 bits per heavy atom. The van der Waals surface area contributed by atoms with Crippen LogP contribution in [0.3, 0.4) is 0 Å². The lowest BCUT2D eigenvalue weighted by atomic mass is 10.2. The van der Waals surface area contributed by atoms with Crippen LogP contribution >= 0.6 is 11.8 Å². The number of benzene rings is 2. The number of nitrogens with zero attached hydrogens (tertiary/aromatic N) is 3. The molecule has 1 heterocycles. The summed E-state index contributed by atoms with van der Waals surface area (Å²) in [6.07, 6.45) is 0.513. The smallest absolute Gasteiger partial charge is 0.251 e. The topological polar surface area (TPSA) is 107 Å². The van der Waals surface area contributed by atoms with Crippen LogP contribution in [0.1, 0.15) is 16.2 Å². The molecule has 0 fully saturated rings. The number of anilines is 1. The summed E-state index contributed by atoms with van der Waals surface area (Å²) >= 11 is 1.29. The van der Waals surface area contributed by atoms with E-state index in [1.807, 2.05) is 23.7 Å². The van der Waals surface area contributed by atoms with Gasteiger partial charge in [0.15, 0.2) is 5.16 Å². The Balaban J connectivity index is 1.47. The molecular weight excluding hydrogens is 430 g/mol. The van der Waals surface area contributed by atoms with Gasteiger partial charge in [0.1, 0.15) is 17.3 Å². The first-order valence-corrected chi connectivity index (χ1v) is 10.9. The number of carbonyl (C=O) groups is 2. The van der Waals surface area contributed by atoms with Crippen LogP contribution in [0.5, 0.6) is 11.5 Å². The Bertz CT molecular complexity index is 1070. The lowest BCUT2D eigenvalue weighted by molar-refractivity contribution is -0.113. The van der Waals surface area contributed by atoms with E-state index in [4.69, 9.17) is 9.47 Å². The van der Waals surface area contributed by atoms with E-state index in [0.29, 0.717) is 46.7 Å². The largest absolute Gasteiger partial charge is 0.497 e. The summed E-state index contributed by atoms with van der Waals surface area (Å²) in [7, 11) is 4.97. The van der Waals surface area contributed by atoms with Crippen molar-refractivity contribution in [3.63, 3.8) is 0 Å². The van der Waals surface area contributed by atoms with Crippen LogP contribution in [0.2, 0.25) is 0 Å². The maximum Gasteiger partial charge on any atom is 0.251 e. The number of nitrogens with one attached hydrogen (secondary N) is 2. The van der Waals surface area contributed by atoms with Gasteiger partial charge >= 0.3 is 0 Å². The molecule has 0 aliphatic rings. The van der Waals surface area contributed by atoms with E-state index in [2.05, 4.69) is 20.8 Å². The second-order valence-electron chi connectivity index (χ2n) is 6.73. The minimum absolute atomic E-state index is 0.169. The highest BCUT2D eigenvalue weighted by atomic mass is 32.2. The number of rotatable bonds is 10. The molecule has 168 valence electrons. The molecule has 3 aromatic rings. The van der Waals surface area contributed by atoms with E-state index >= 15 is 0 Å². The normalized spacial score (nSPS) is 10.5. The number of ether oxygens (including phenoxy) is 2. The maximum atomic E-state index is 12.3. The van der Waals surface area contributed by atoms with Gasteiger partial charge in [0.05, 0.1) is 25.7 Å². The molecule has 0 bridgehead atoms. The van der Waals surface area contributed by atoms with Gasteiger partial charge in [-0.25, -0.2) is 0 Å². The van der Waals surface area contributed by atoms with Gasteiger partial charge in [-0.1, -0.05) is 23.9 Å². The van der Waals surface area contributed by atoms with Crippen molar-refractivity contribution in [2.45, 2.75) is 11.6 Å². The first-order chi connectivity index (χ1) is 15.5. The number of para-hydroxylation sites is 2. The molecule has 32 heavy (non-hydrogen) atoms. The first kappa shape index (κ1) is 23.1. The molecule has 0 aliphatic carbocycles. The van der Waals surface area contributed by atoms with E-state index < -0.39 is 0 Å². The van der Waals surface area contributed by atoms with Gasteiger partial charge in [-0.3, -0.25) is 9.59 Å². The highest BCUT2D eigenvalue weighted by Crippen LogP contribution is 2.24. The molecule has 0 saturated heterocycles. The fourth-order valence-electron chi connectivity index (χ4n) is 2.89. The molecule has 2 N–H and O–H groups in total. The first-order valence-electron chi connectivity index (χ1n) is 9.88. The van der Waals surface area contributed by atoms with E-state index in [-0.39, 0.29) is 17.6 Å². The van der Waals surface area contributed by atoms with Gasteiger partial charge in [-0.15, -0.1) is 10.2 Å². The number of amides is 2. The highest BCUT2D eigenvalue weighted by Gasteiger charge is 2.13. The molecule has 0 radical (unpaired) electrons. The SMILES string of the molecule is COc1ccc(C(=O)NCCc2nnc(SCC(=O)Nc3ccccc3OC)n2C)cc1. The van der Waals surface area contributed by atoms with Crippen molar-refractivity contribution in [1.29, 1.82) is 0 Å². The summed E-state index contributed by atoms with van der Waals surface area (Å²) in [6.45, 7) is 0.412. The van der Waals surface area contributed by atoms with Crippen LogP contribution in [0.4, 0.5) is 5.69 Å². The van der Waals surface area contributed by atoms with Crippen LogP contribution in [0.25, 0.3) is 0 Å². The molecule has 0 atom stereocenters. The second kappa shape index (κ2) is 11.2. The van der Waals surface area contributed by atoms with E-state index in [1.165, 1.54) is 11.8 Å². The van der Waals surface area contributed by atoms with Crippen molar-refractivity contribution in [2.75, 3.05) is 31.8 Å². The molecule has 9 nitrogen and oxygen atoms in total. The van der Waals surface area contributed by atoms with Gasteiger partial charge in [0.25, 0.3) is 5.91 Å². The van der Waals surface area contributed by atoms with Crippen LogP contribution in [-0.4, -0.2) is 53.1 Å². The molecule has 3 rings (SSSR count). The molecule has 2 amide bonds. The summed E-state index contributed by atoms with van der Waals surface area (Å²) in [5.41, 5.74) is 1.17. The van der Waals surface area contributed by atoms with Gasteiger partial charge in [-0.2, -0.15) is 0 Å². The molecule has 0 aliphatic heterocycles. The predicted molar refractivity (Wildman–Crippen MR) is 122 cm³/mol. The number of hydrogen-bond acceptors (Lipinski definition) is 7. The third kappa shape index (κ3) is 6.01. The number of hydrogen-bond donors (Lipinski definition) is 2. The van der Waals surface area contributed by atoms with Crippen LogP contribution in [0.15, 0.2) is 53.7 Å². The van der Waals surface area contributed by atoms with E-state index in [0.717, 1.165) is 0 Å². The van der Waals surface area contributed by atoms with Crippen LogP contribution in [0, 0.1) is 0 Å². The Hall–Kier alpha value is -3.53. The van der Waals surface area contributed by atoms with Gasteiger partial charge in [-0.05, 0) is 36.4 Å². The summed E-state index contributed by atoms with van der Waals surface area (Å²) < 4.78 is 12.2. The summed E-state index contributed by atoms with van der Waals surface area (Å²) in [5.74, 6) is 1.85. The maximum absolute atomic E-state index is 12.3. The molecule has 1 aromatic heterocycles. The third-order valence-corrected chi connectivity index (χ3v) is 5.65. The second-order valence-corrected chi connectivity index (χ2v) is 7.67. The predicted octanol–water partition coefficient (Wildman–Crippen LogP) is 2.54. The van der Waals surface area contributed by atoms with Crippen LogP contribution < -0.4 is 20.1 Å².